The Kier molecular flexibility index (Phi) is 4.85. The molecule has 0 aromatic rings. The number of carbonyl (C=O) groups is 1. The van der Waals surface area contributed by atoms with Gasteiger partial charge < -0.3 is 15.2 Å². The Bertz CT molecular complexity index is 145. The molecular formula is C8H17NO3. The minimum absolute atomic E-state index is 0.0643. The first-order valence-corrected chi connectivity index (χ1v) is 3.92. The first kappa shape index (κ1) is 11.4. The maximum atomic E-state index is 11.0. The van der Waals surface area contributed by atoms with Crippen LogP contribution in [0.3, 0.4) is 0 Å². The molecule has 0 fully saturated rings. The van der Waals surface area contributed by atoms with E-state index in [4.69, 9.17) is 5.11 Å². The fourth-order valence-electron chi connectivity index (χ4n) is 0.887. The topological polar surface area (TPSA) is 58.6 Å². The van der Waals surface area contributed by atoms with Crippen LogP contribution >= 0.6 is 0 Å². The summed E-state index contributed by atoms with van der Waals surface area (Å²) in [5.74, 6) is -0.157. The summed E-state index contributed by atoms with van der Waals surface area (Å²) < 4.78 is 4.65. The molecule has 0 bridgehead atoms. The molecular weight excluding hydrogens is 158 g/mol. The molecule has 2 N–H and O–H groups in total. The molecule has 12 heavy (non-hydrogen) atoms. The predicted octanol–water partition coefficient (Wildman–Crippen LogP) is -0.0900. The number of amides is 1. The maximum absolute atomic E-state index is 11.0. The van der Waals surface area contributed by atoms with E-state index in [1.54, 1.807) is 0 Å². The average molecular weight is 175 g/mol. The number of ether oxygens (including phenoxy) is 1. The first-order valence-electron chi connectivity index (χ1n) is 3.92. The van der Waals surface area contributed by atoms with Crippen molar-refractivity contribution < 1.29 is 14.6 Å². The maximum Gasteiger partial charge on any atom is 0.246 e. The van der Waals surface area contributed by atoms with Crippen molar-refractivity contribution in [2.24, 2.45) is 0 Å². The standard InChI is InChI=1S/C8H17NO3/c1-8(2,4-5-10)9-7(11)6-12-3/h10H,4-6H2,1-3H3,(H,9,11). The molecule has 0 rings (SSSR count). The summed E-state index contributed by atoms with van der Waals surface area (Å²) >= 11 is 0. The van der Waals surface area contributed by atoms with Crippen molar-refractivity contribution in [3.63, 3.8) is 0 Å². The lowest BCUT2D eigenvalue weighted by Crippen LogP contribution is -2.45. The van der Waals surface area contributed by atoms with Gasteiger partial charge in [0.1, 0.15) is 6.61 Å². The van der Waals surface area contributed by atoms with Crippen LogP contribution in [0, 0.1) is 0 Å². The fourth-order valence-corrected chi connectivity index (χ4v) is 0.887. The van der Waals surface area contributed by atoms with Crippen molar-refractivity contribution in [3.8, 4) is 0 Å². The minimum Gasteiger partial charge on any atom is -0.396 e. The largest absolute Gasteiger partial charge is 0.396 e. The Labute approximate surface area is 72.9 Å². The van der Waals surface area contributed by atoms with Gasteiger partial charge in [0.15, 0.2) is 0 Å². The molecule has 0 aliphatic heterocycles. The summed E-state index contributed by atoms with van der Waals surface area (Å²) in [5, 5.41) is 11.4. The molecule has 0 saturated heterocycles. The zero-order valence-electron chi connectivity index (χ0n) is 7.89. The van der Waals surface area contributed by atoms with E-state index in [2.05, 4.69) is 10.1 Å². The molecule has 0 spiro atoms. The minimum atomic E-state index is -0.357. The summed E-state index contributed by atoms with van der Waals surface area (Å²) in [5.41, 5.74) is -0.357. The average Bonchev–Trinajstić information content (AvgIpc) is 1.85. The molecule has 4 nitrogen and oxygen atoms in total. The van der Waals surface area contributed by atoms with E-state index >= 15 is 0 Å². The smallest absolute Gasteiger partial charge is 0.246 e. The summed E-state index contributed by atoms with van der Waals surface area (Å²) in [4.78, 5) is 11.0. The van der Waals surface area contributed by atoms with Gasteiger partial charge in [0.25, 0.3) is 0 Å². The number of nitrogens with one attached hydrogen (secondary N) is 1. The van der Waals surface area contributed by atoms with Gasteiger partial charge in [-0.15, -0.1) is 0 Å². The van der Waals surface area contributed by atoms with Crippen molar-refractivity contribution in [3.05, 3.63) is 0 Å². The van der Waals surface area contributed by atoms with Crippen LogP contribution in [-0.4, -0.2) is 36.9 Å². The van der Waals surface area contributed by atoms with E-state index in [0.29, 0.717) is 6.42 Å². The fraction of sp³-hybridized carbons (Fsp3) is 0.875. The Morgan fingerprint density at radius 2 is 2.17 bits per heavy atom. The number of hydrogen-bond donors (Lipinski definition) is 2. The molecule has 4 heteroatoms. The number of hydrogen-bond acceptors (Lipinski definition) is 3. The second-order valence-electron chi connectivity index (χ2n) is 3.34. The molecule has 0 aliphatic carbocycles. The number of aliphatic hydroxyl groups is 1. The molecule has 0 unspecified atom stereocenters. The molecule has 0 heterocycles. The van der Waals surface area contributed by atoms with Crippen molar-refractivity contribution in [1.29, 1.82) is 0 Å². The van der Waals surface area contributed by atoms with Crippen LogP contribution in [0.4, 0.5) is 0 Å². The van der Waals surface area contributed by atoms with Gasteiger partial charge in [-0.2, -0.15) is 0 Å². The highest BCUT2D eigenvalue weighted by molar-refractivity contribution is 5.77. The normalized spacial score (nSPS) is 11.3. The van der Waals surface area contributed by atoms with Crippen LogP contribution in [-0.2, 0) is 9.53 Å². The zero-order valence-corrected chi connectivity index (χ0v) is 7.89. The van der Waals surface area contributed by atoms with Crippen molar-refractivity contribution in [2.75, 3.05) is 20.3 Å². The van der Waals surface area contributed by atoms with Crippen LogP contribution in [0.15, 0.2) is 0 Å². The van der Waals surface area contributed by atoms with Crippen LogP contribution in [0.25, 0.3) is 0 Å². The third-order valence-electron chi connectivity index (χ3n) is 1.49. The molecule has 0 aromatic heterocycles. The molecule has 0 radical (unpaired) electrons. The first-order chi connectivity index (χ1) is 5.52. The lowest BCUT2D eigenvalue weighted by Gasteiger charge is -2.24. The Balaban J connectivity index is 3.79. The molecule has 0 saturated carbocycles. The molecule has 0 atom stereocenters. The van der Waals surface area contributed by atoms with Crippen LogP contribution in [0.5, 0.6) is 0 Å². The van der Waals surface area contributed by atoms with Gasteiger partial charge in [0, 0.05) is 19.3 Å². The van der Waals surface area contributed by atoms with Gasteiger partial charge in [-0.05, 0) is 20.3 Å². The second-order valence-corrected chi connectivity index (χ2v) is 3.34. The zero-order chi connectivity index (χ0) is 9.61. The Morgan fingerprint density at radius 3 is 2.58 bits per heavy atom. The summed E-state index contributed by atoms with van der Waals surface area (Å²) in [6.45, 7) is 3.85. The molecule has 1 amide bonds. The summed E-state index contributed by atoms with van der Waals surface area (Å²) in [6, 6.07) is 0. The highest BCUT2D eigenvalue weighted by atomic mass is 16.5. The lowest BCUT2D eigenvalue weighted by molar-refractivity contribution is -0.126. The van der Waals surface area contributed by atoms with Gasteiger partial charge in [-0.25, -0.2) is 0 Å². The molecule has 0 aromatic carbocycles. The van der Waals surface area contributed by atoms with Gasteiger partial charge in [-0.3, -0.25) is 4.79 Å². The summed E-state index contributed by atoms with van der Waals surface area (Å²) in [7, 11) is 1.47. The van der Waals surface area contributed by atoms with Gasteiger partial charge >= 0.3 is 0 Å². The SMILES string of the molecule is COCC(=O)NC(C)(C)CCO. The predicted molar refractivity (Wildman–Crippen MR) is 45.8 cm³/mol. The number of rotatable bonds is 5. The second kappa shape index (κ2) is 5.11. The lowest BCUT2D eigenvalue weighted by atomic mass is 10.0. The van der Waals surface area contributed by atoms with Crippen molar-refractivity contribution in [2.45, 2.75) is 25.8 Å². The number of aliphatic hydroxyl groups excluding tert-OH is 1. The van der Waals surface area contributed by atoms with Crippen molar-refractivity contribution >= 4 is 5.91 Å². The van der Waals surface area contributed by atoms with Crippen LogP contribution in [0.2, 0.25) is 0 Å². The highest BCUT2D eigenvalue weighted by Gasteiger charge is 2.18. The van der Waals surface area contributed by atoms with Gasteiger partial charge in [0.05, 0.1) is 0 Å². The van der Waals surface area contributed by atoms with Crippen molar-refractivity contribution in [1.82, 2.24) is 5.32 Å². The Hall–Kier alpha value is -0.610. The van der Waals surface area contributed by atoms with Crippen LogP contribution < -0.4 is 5.32 Å². The van der Waals surface area contributed by atoms with E-state index in [1.807, 2.05) is 13.8 Å². The summed E-state index contributed by atoms with van der Waals surface area (Å²) in [6.07, 6.45) is 0.544. The molecule has 0 aliphatic rings. The Morgan fingerprint density at radius 1 is 1.58 bits per heavy atom. The monoisotopic (exact) mass is 175 g/mol. The van der Waals surface area contributed by atoms with Gasteiger partial charge in [0.2, 0.25) is 5.91 Å². The van der Waals surface area contributed by atoms with E-state index in [0.717, 1.165) is 0 Å². The number of carbonyl (C=O) groups excluding carboxylic acids is 1. The third-order valence-corrected chi connectivity index (χ3v) is 1.49. The van der Waals surface area contributed by atoms with E-state index < -0.39 is 0 Å². The number of methoxy groups -OCH3 is 1. The molecule has 72 valence electrons. The van der Waals surface area contributed by atoms with E-state index in [-0.39, 0.29) is 24.7 Å². The third kappa shape index (κ3) is 5.09. The van der Waals surface area contributed by atoms with E-state index in [1.165, 1.54) is 7.11 Å². The van der Waals surface area contributed by atoms with E-state index in [9.17, 15) is 4.79 Å². The van der Waals surface area contributed by atoms with Crippen LogP contribution in [0.1, 0.15) is 20.3 Å². The van der Waals surface area contributed by atoms with Gasteiger partial charge in [-0.1, -0.05) is 0 Å². The highest BCUT2D eigenvalue weighted by Crippen LogP contribution is 2.06. The quantitative estimate of drug-likeness (QED) is 0.614.